The van der Waals surface area contributed by atoms with Gasteiger partial charge in [-0.2, -0.15) is 10.4 Å². The maximum absolute atomic E-state index is 13.2. The van der Waals surface area contributed by atoms with E-state index in [2.05, 4.69) is 11.2 Å². The molecule has 1 aromatic carbocycles. The van der Waals surface area contributed by atoms with Gasteiger partial charge in [-0.1, -0.05) is 24.0 Å². The number of halogens is 1. The Balaban J connectivity index is 2.02. The van der Waals surface area contributed by atoms with Gasteiger partial charge in [0.1, 0.15) is 10.1 Å². The summed E-state index contributed by atoms with van der Waals surface area (Å²) >= 11 is 6.50. The molecule has 0 atom stereocenters. The number of carbonyl (C=O) groups is 1. The first-order valence-corrected chi connectivity index (χ1v) is 9.21. The van der Waals surface area contributed by atoms with Gasteiger partial charge in [-0.3, -0.25) is 14.4 Å². The van der Waals surface area contributed by atoms with Crippen molar-refractivity contribution in [3.63, 3.8) is 0 Å². The molecule has 2 aromatic rings. The number of benzene rings is 1. The van der Waals surface area contributed by atoms with E-state index in [1.807, 2.05) is 6.92 Å². The third kappa shape index (κ3) is 3.69. The van der Waals surface area contributed by atoms with E-state index in [9.17, 15) is 9.18 Å². The van der Waals surface area contributed by atoms with Gasteiger partial charge in [0.2, 0.25) is 0 Å². The number of thiocarbonyl (C=S) groups is 1. The van der Waals surface area contributed by atoms with E-state index in [4.69, 9.17) is 17.5 Å². The maximum Gasteiger partial charge on any atom is 0.266 e. The van der Waals surface area contributed by atoms with Crippen molar-refractivity contribution >= 4 is 40.3 Å². The predicted molar refractivity (Wildman–Crippen MR) is 103 cm³/mol. The fourth-order valence-corrected chi connectivity index (χ4v) is 3.94. The number of carbonyl (C=O) groups excluding carboxylic acids is 1. The molecule has 5 nitrogen and oxygen atoms in total. The number of rotatable bonds is 5. The summed E-state index contributed by atoms with van der Waals surface area (Å²) < 4.78 is 15.4. The Morgan fingerprint density at radius 3 is 2.73 bits per heavy atom. The highest BCUT2D eigenvalue weighted by molar-refractivity contribution is 8.26. The third-order valence-corrected chi connectivity index (χ3v) is 5.21. The van der Waals surface area contributed by atoms with E-state index >= 15 is 0 Å². The second-order valence-corrected chi connectivity index (χ2v) is 7.21. The van der Waals surface area contributed by atoms with Crippen LogP contribution < -0.4 is 0 Å². The first kappa shape index (κ1) is 18.3. The van der Waals surface area contributed by atoms with E-state index in [1.165, 1.54) is 23.9 Å². The zero-order valence-electron chi connectivity index (χ0n) is 14.0. The zero-order chi connectivity index (χ0) is 18.7. The van der Waals surface area contributed by atoms with Crippen LogP contribution in [-0.4, -0.2) is 31.5 Å². The molecule has 1 amide bonds. The van der Waals surface area contributed by atoms with Gasteiger partial charge in [-0.25, -0.2) is 4.39 Å². The highest BCUT2D eigenvalue weighted by Gasteiger charge is 2.31. The number of likely N-dealkylation sites (N-methyl/N-ethyl adjacent to an activating group) is 1. The van der Waals surface area contributed by atoms with Gasteiger partial charge >= 0.3 is 0 Å². The van der Waals surface area contributed by atoms with Gasteiger partial charge < -0.3 is 0 Å². The van der Waals surface area contributed by atoms with Crippen LogP contribution in [0, 0.1) is 17.1 Å². The van der Waals surface area contributed by atoms with Gasteiger partial charge in [0.15, 0.2) is 0 Å². The summed E-state index contributed by atoms with van der Waals surface area (Å²) in [5.41, 5.74) is 2.09. The van der Waals surface area contributed by atoms with Crippen LogP contribution in [0.2, 0.25) is 0 Å². The first-order valence-electron chi connectivity index (χ1n) is 7.99. The Bertz CT molecular complexity index is 928. The van der Waals surface area contributed by atoms with Gasteiger partial charge in [-0.15, -0.1) is 0 Å². The molecule has 0 N–H and O–H groups in total. The number of hydrogen-bond acceptors (Lipinski definition) is 5. The molecule has 2 heterocycles. The lowest BCUT2D eigenvalue weighted by Crippen LogP contribution is -2.27. The number of amides is 1. The Morgan fingerprint density at radius 1 is 1.38 bits per heavy atom. The smallest absolute Gasteiger partial charge is 0.266 e. The Morgan fingerprint density at radius 2 is 2.12 bits per heavy atom. The van der Waals surface area contributed by atoms with Crippen molar-refractivity contribution in [2.45, 2.75) is 19.9 Å². The summed E-state index contributed by atoms with van der Waals surface area (Å²) in [5.74, 6) is -0.458. The molecule has 3 rings (SSSR count). The Hall–Kier alpha value is -2.50. The van der Waals surface area contributed by atoms with Crippen LogP contribution in [0.1, 0.15) is 18.9 Å². The number of hydrogen-bond donors (Lipinski definition) is 0. The average molecular weight is 386 g/mol. The van der Waals surface area contributed by atoms with Crippen molar-refractivity contribution in [1.29, 1.82) is 5.26 Å². The van der Waals surface area contributed by atoms with Gasteiger partial charge in [0, 0.05) is 23.9 Å². The lowest BCUT2D eigenvalue weighted by Gasteiger charge is -2.09. The molecule has 1 aliphatic rings. The number of nitrogens with zero attached hydrogens (tertiary/aromatic N) is 4. The summed E-state index contributed by atoms with van der Waals surface area (Å²) in [4.78, 5) is 14.5. The molecule has 0 unspecified atom stereocenters. The van der Waals surface area contributed by atoms with Crippen molar-refractivity contribution in [3.05, 3.63) is 46.7 Å². The molecule has 8 heteroatoms. The molecule has 1 saturated heterocycles. The minimum atomic E-state index is -0.331. The van der Waals surface area contributed by atoms with Gasteiger partial charge in [0.05, 0.1) is 29.6 Å². The molecule has 26 heavy (non-hydrogen) atoms. The fraction of sp³-hybridized carbons (Fsp3) is 0.222. The Kier molecular flexibility index (Phi) is 5.49. The van der Waals surface area contributed by atoms with Gasteiger partial charge in [-0.05, 0) is 37.3 Å². The third-order valence-electron chi connectivity index (χ3n) is 3.84. The first-order chi connectivity index (χ1) is 12.5. The van der Waals surface area contributed by atoms with Crippen LogP contribution in [-0.2, 0) is 11.3 Å². The van der Waals surface area contributed by atoms with Crippen LogP contribution in [0.5, 0.6) is 0 Å². The molecular weight excluding hydrogens is 371 g/mol. The second-order valence-electron chi connectivity index (χ2n) is 5.54. The van der Waals surface area contributed by atoms with E-state index in [-0.39, 0.29) is 11.7 Å². The molecule has 0 bridgehead atoms. The second kappa shape index (κ2) is 7.81. The minimum absolute atomic E-state index is 0.127. The molecule has 0 aliphatic carbocycles. The van der Waals surface area contributed by atoms with E-state index in [1.54, 1.807) is 34.0 Å². The molecule has 132 valence electrons. The summed E-state index contributed by atoms with van der Waals surface area (Å²) in [6, 6.07) is 8.09. The summed E-state index contributed by atoms with van der Waals surface area (Å²) in [6.07, 6.45) is 3.86. The van der Waals surface area contributed by atoms with Gasteiger partial charge in [0.25, 0.3) is 5.91 Å². The molecule has 1 aromatic heterocycles. The molecule has 0 spiro atoms. The fourth-order valence-electron chi connectivity index (χ4n) is 2.57. The van der Waals surface area contributed by atoms with Crippen LogP contribution in [0.25, 0.3) is 17.3 Å². The molecule has 1 aliphatic heterocycles. The normalized spacial score (nSPS) is 15.7. The lowest BCUT2D eigenvalue weighted by molar-refractivity contribution is -0.121. The Labute approximate surface area is 160 Å². The summed E-state index contributed by atoms with van der Waals surface area (Å²) in [6.45, 7) is 2.83. The minimum Gasteiger partial charge on any atom is -0.293 e. The van der Waals surface area contributed by atoms with Crippen molar-refractivity contribution in [1.82, 2.24) is 14.7 Å². The highest BCUT2D eigenvalue weighted by Crippen LogP contribution is 2.34. The zero-order valence-corrected chi connectivity index (χ0v) is 15.6. The monoisotopic (exact) mass is 386 g/mol. The lowest BCUT2D eigenvalue weighted by atomic mass is 10.1. The van der Waals surface area contributed by atoms with Crippen LogP contribution in [0.3, 0.4) is 0 Å². The van der Waals surface area contributed by atoms with E-state index < -0.39 is 0 Å². The summed E-state index contributed by atoms with van der Waals surface area (Å²) in [5, 5.41) is 13.3. The molecule has 1 fully saturated rings. The van der Waals surface area contributed by atoms with Crippen molar-refractivity contribution in [2.75, 3.05) is 6.54 Å². The largest absolute Gasteiger partial charge is 0.293 e. The number of aryl methyl sites for hydroxylation is 1. The van der Waals surface area contributed by atoms with Crippen molar-refractivity contribution in [3.8, 4) is 17.3 Å². The number of nitriles is 1. The number of thioether (sulfide) groups is 1. The van der Waals surface area contributed by atoms with Crippen molar-refractivity contribution in [2.24, 2.45) is 0 Å². The molecule has 0 radical (unpaired) electrons. The van der Waals surface area contributed by atoms with Crippen LogP contribution >= 0.6 is 24.0 Å². The highest BCUT2D eigenvalue weighted by atomic mass is 32.2. The van der Waals surface area contributed by atoms with E-state index in [0.29, 0.717) is 34.4 Å². The van der Waals surface area contributed by atoms with Crippen LogP contribution in [0.4, 0.5) is 4.39 Å². The average Bonchev–Trinajstić information content (AvgIpc) is 3.14. The van der Waals surface area contributed by atoms with Crippen LogP contribution in [0.15, 0.2) is 35.4 Å². The molecule has 0 saturated carbocycles. The van der Waals surface area contributed by atoms with E-state index in [0.717, 1.165) is 11.1 Å². The molecular formula is C18H15FN4OS2. The topological polar surface area (TPSA) is 61.9 Å². The predicted octanol–water partition coefficient (Wildman–Crippen LogP) is 3.82. The number of aromatic nitrogens is 2. The quantitative estimate of drug-likeness (QED) is 0.577. The SMILES string of the molecule is CCN1C(=O)/C(=C/c2cn(CCC#N)nc2-c2ccc(F)cc2)SC1=S. The standard InChI is InChI=1S/C18H15FN4OS2/c1-2-23-17(24)15(26-18(23)25)10-13-11-22(9-3-8-20)21-16(13)12-4-6-14(19)7-5-12/h4-7,10-11H,2-3,9H2,1H3/b15-10-. The van der Waals surface area contributed by atoms with Crippen molar-refractivity contribution < 1.29 is 9.18 Å². The maximum atomic E-state index is 13.2. The summed E-state index contributed by atoms with van der Waals surface area (Å²) in [7, 11) is 0.